The lowest BCUT2D eigenvalue weighted by Crippen LogP contribution is -2.07. The molecular formula is C15H18N4O. The monoisotopic (exact) mass is 270 g/mol. The van der Waals surface area contributed by atoms with E-state index in [-0.39, 0.29) is 0 Å². The van der Waals surface area contributed by atoms with E-state index in [1.165, 1.54) is 12.8 Å². The smallest absolute Gasteiger partial charge is 0.201 e. The van der Waals surface area contributed by atoms with E-state index in [4.69, 9.17) is 15.7 Å². The summed E-state index contributed by atoms with van der Waals surface area (Å²) in [7, 11) is 0. The molecule has 1 aromatic carbocycles. The SMILES string of the molecule is N#Cc1ccc2nc(N)n(CCCOCC3CC3)c2c1. The Morgan fingerprint density at radius 1 is 1.45 bits per heavy atom. The fraction of sp³-hybridized carbons (Fsp3) is 0.467. The van der Waals surface area contributed by atoms with Crippen LogP contribution in [0, 0.1) is 17.2 Å². The van der Waals surface area contributed by atoms with Crippen molar-refractivity contribution < 1.29 is 4.74 Å². The maximum atomic E-state index is 8.97. The molecule has 2 N–H and O–H groups in total. The molecule has 2 aromatic rings. The summed E-state index contributed by atoms with van der Waals surface area (Å²) in [5, 5.41) is 8.97. The van der Waals surface area contributed by atoms with Gasteiger partial charge in [0.15, 0.2) is 0 Å². The molecule has 0 spiro atoms. The van der Waals surface area contributed by atoms with Gasteiger partial charge in [-0.05, 0) is 43.4 Å². The average Bonchev–Trinajstić information content (AvgIpc) is 3.22. The molecule has 1 aliphatic carbocycles. The maximum Gasteiger partial charge on any atom is 0.201 e. The minimum atomic E-state index is 0.497. The number of benzene rings is 1. The number of anilines is 1. The van der Waals surface area contributed by atoms with Crippen LogP contribution in [0.2, 0.25) is 0 Å². The first-order valence-electron chi connectivity index (χ1n) is 7.01. The van der Waals surface area contributed by atoms with Crippen LogP contribution in [0.1, 0.15) is 24.8 Å². The molecule has 1 saturated carbocycles. The van der Waals surface area contributed by atoms with Crippen molar-refractivity contribution in [2.75, 3.05) is 18.9 Å². The predicted octanol–water partition coefficient (Wildman–Crippen LogP) is 2.31. The first-order valence-corrected chi connectivity index (χ1v) is 7.01. The van der Waals surface area contributed by atoms with E-state index in [1.54, 1.807) is 6.07 Å². The van der Waals surface area contributed by atoms with Crippen LogP contribution in [0.4, 0.5) is 5.95 Å². The fourth-order valence-electron chi connectivity index (χ4n) is 2.31. The van der Waals surface area contributed by atoms with Gasteiger partial charge in [0, 0.05) is 19.8 Å². The van der Waals surface area contributed by atoms with E-state index in [0.717, 1.165) is 43.1 Å². The highest BCUT2D eigenvalue weighted by Crippen LogP contribution is 2.28. The van der Waals surface area contributed by atoms with E-state index in [1.807, 2.05) is 16.7 Å². The topological polar surface area (TPSA) is 76.9 Å². The van der Waals surface area contributed by atoms with Crippen molar-refractivity contribution in [1.29, 1.82) is 5.26 Å². The quantitative estimate of drug-likeness (QED) is 0.817. The Morgan fingerprint density at radius 2 is 2.30 bits per heavy atom. The molecule has 1 heterocycles. The van der Waals surface area contributed by atoms with E-state index in [2.05, 4.69) is 11.1 Å². The molecule has 1 fully saturated rings. The predicted molar refractivity (Wildman–Crippen MR) is 77.0 cm³/mol. The summed E-state index contributed by atoms with van der Waals surface area (Å²) in [6.07, 6.45) is 3.53. The molecule has 0 saturated heterocycles. The van der Waals surface area contributed by atoms with Gasteiger partial charge in [0.25, 0.3) is 0 Å². The van der Waals surface area contributed by atoms with E-state index in [9.17, 15) is 0 Å². The Balaban J connectivity index is 1.66. The highest BCUT2D eigenvalue weighted by atomic mass is 16.5. The Morgan fingerprint density at radius 3 is 3.05 bits per heavy atom. The molecule has 104 valence electrons. The molecule has 0 unspecified atom stereocenters. The van der Waals surface area contributed by atoms with Crippen molar-refractivity contribution in [2.45, 2.75) is 25.8 Å². The molecule has 0 atom stereocenters. The van der Waals surface area contributed by atoms with Crippen LogP contribution in [0.15, 0.2) is 18.2 Å². The average molecular weight is 270 g/mol. The normalized spacial score (nSPS) is 14.6. The minimum Gasteiger partial charge on any atom is -0.381 e. The Labute approximate surface area is 118 Å². The van der Waals surface area contributed by atoms with Gasteiger partial charge in [0.05, 0.1) is 22.7 Å². The van der Waals surface area contributed by atoms with Crippen LogP contribution in [0.5, 0.6) is 0 Å². The molecule has 5 nitrogen and oxygen atoms in total. The summed E-state index contributed by atoms with van der Waals surface area (Å²) in [6.45, 7) is 2.40. The van der Waals surface area contributed by atoms with Gasteiger partial charge < -0.3 is 15.0 Å². The van der Waals surface area contributed by atoms with Crippen LogP contribution >= 0.6 is 0 Å². The van der Waals surface area contributed by atoms with E-state index < -0.39 is 0 Å². The number of ether oxygens (including phenoxy) is 1. The van der Waals surface area contributed by atoms with Crippen molar-refractivity contribution in [3.8, 4) is 6.07 Å². The molecule has 0 amide bonds. The minimum absolute atomic E-state index is 0.497. The van der Waals surface area contributed by atoms with E-state index in [0.29, 0.717) is 11.5 Å². The zero-order valence-corrected chi connectivity index (χ0v) is 11.4. The van der Waals surface area contributed by atoms with Crippen molar-refractivity contribution in [3.63, 3.8) is 0 Å². The molecule has 20 heavy (non-hydrogen) atoms. The summed E-state index contributed by atoms with van der Waals surface area (Å²) < 4.78 is 7.58. The molecule has 0 radical (unpaired) electrons. The van der Waals surface area contributed by atoms with Crippen molar-refractivity contribution in [1.82, 2.24) is 9.55 Å². The van der Waals surface area contributed by atoms with Gasteiger partial charge in [0.1, 0.15) is 0 Å². The lowest BCUT2D eigenvalue weighted by Gasteiger charge is -2.07. The molecule has 3 rings (SSSR count). The van der Waals surface area contributed by atoms with Gasteiger partial charge in [-0.2, -0.15) is 5.26 Å². The number of nitriles is 1. The number of fused-ring (bicyclic) bond motifs is 1. The zero-order chi connectivity index (χ0) is 13.9. The number of rotatable bonds is 6. The lowest BCUT2D eigenvalue weighted by molar-refractivity contribution is 0.119. The number of aromatic nitrogens is 2. The number of nitrogens with two attached hydrogens (primary N) is 1. The van der Waals surface area contributed by atoms with Crippen LogP contribution in [-0.4, -0.2) is 22.8 Å². The zero-order valence-electron chi connectivity index (χ0n) is 11.4. The van der Waals surface area contributed by atoms with Gasteiger partial charge in [0.2, 0.25) is 5.95 Å². The second kappa shape index (κ2) is 5.51. The second-order valence-corrected chi connectivity index (χ2v) is 5.31. The largest absolute Gasteiger partial charge is 0.381 e. The number of hydrogen-bond donors (Lipinski definition) is 1. The summed E-state index contributed by atoms with van der Waals surface area (Å²) in [5.74, 6) is 1.30. The highest BCUT2D eigenvalue weighted by Gasteiger charge is 2.20. The Kier molecular flexibility index (Phi) is 3.57. The van der Waals surface area contributed by atoms with Crippen LogP contribution < -0.4 is 5.73 Å². The molecule has 1 aliphatic rings. The van der Waals surface area contributed by atoms with Crippen molar-refractivity contribution in [2.24, 2.45) is 5.92 Å². The number of nitrogen functional groups attached to an aromatic ring is 1. The number of aryl methyl sites for hydroxylation is 1. The first kappa shape index (κ1) is 12.9. The molecular weight excluding hydrogens is 252 g/mol. The number of hydrogen-bond acceptors (Lipinski definition) is 4. The summed E-state index contributed by atoms with van der Waals surface area (Å²) in [6, 6.07) is 7.58. The highest BCUT2D eigenvalue weighted by molar-refractivity contribution is 5.79. The fourth-order valence-corrected chi connectivity index (χ4v) is 2.31. The maximum absolute atomic E-state index is 8.97. The number of imidazole rings is 1. The van der Waals surface area contributed by atoms with Gasteiger partial charge in [-0.15, -0.1) is 0 Å². The Bertz CT molecular complexity index is 652. The lowest BCUT2D eigenvalue weighted by atomic mass is 10.2. The summed E-state index contributed by atoms with van der Waals surface area (Å²) in [4.78, 5) is 4.32. The van der Waals surface area contributed by atoms with Gasteiger partial charge in [-0.3, -0.25) is 0 Å². The third-order valence-corrected chi connectivity index (χ3v) is 3.63. The standard InChI is InChI=1S/C15H18N4O/c16-9-12-4-5-13-14(8-12)19(15(17)18-13)6-1-7-20-10-11-2-3-11/h4-5,8,11H,1-3,6-7,10H2,(H2,17,18). The third kappa shape index (κ3) is 2.75. The molecule has 0 bridgehead atoms. The van der Waals surface area contributed by atoms with Gasteiger partial charge >= 0.3 is 0 Å². The third-order valence-electron chi connectivity index (χ3n) is 3.63. The van der Waals surface area contributed by atoms with Crippen LogP contribution in [0.25, 0.3) is 11.0 Å². The summed E-state index contributed by atoms with van der Waals surface area (Å²) >= 11 is 0. The summed E-state index contributed by atoms with van der Waals surface area (Å²) in [5.41, 5.74) is 8.33. The second-order valence-electron chi connectivity index (χ2n) is 5.31. The Hall–Kier alpha value is -2.06. The van der Waals surface area contributed by atoms with Gasteiger partial charge in [-0.25, -0.2) is 4.98 Å². The van der Waals surface area contributed by atoms with Crippen LogP contribution in [0.3, 0.4) is 0 Å². The van der Waals surface area contributed by atoms with E-state index >= 15 is 0 Å². The van der Waals surface area contributed by atoms with Gasteiger partial charge in [-0.1, -0.05) is 0 Å². The molecule has 0 aliphatic heterocycles. The van der Waals surface area contributed by atoms with Crippen molar-refractivity contribution >= 4 is 17.0 Å². The first-order chi connectivity index (χ1) is 9.78. The molecule has 1 aromatic heterocycles. The van der Waals surface area contributed by atoms with Crippen LogP contribution in [-0.2, 0) is 11.3 Å². The van der Waals surface area contributed by atoms with Crippen molar-refractivity contribution in [3.05, 3.63) is 23.8 Å². The molecule has 5 heteroatoms. The number of nitrogens with zero attached hydrogens (tertiary/aromatic N) is 3.